The van der Waals surface area contributed by atoms with E-state index in [4.69, 9.17) is 16.3 Å². The molecular weight excluding hydrogens is 304 g/mol. The van der Waals surface area contributed by atoms with Gasteiger partial charge in [0.15, 0.2) is 0 Å². The molecule has 1 aromatic rings. The van der Waals surface area contributed by atoms with Gasteiger partial charge in [0.25, 0.3) is 5.91 Å². The summed E-state index contributed by atoms with van der Waals surface area (Å²) in [6.45, 7) is 1.64. The van der Waals surface area contributed by atoms with Crippen LogP contribution in [0.2, 0.25) is 5.02 Å². The molecule has 1 saturated heterocycles. The molecule has 1 aromatic carbocycles. The molecule has 1 heterocycles. The largest absolute Gasteiger partial charge is 0.382 e. The number of piperidine rings is 1. The van der Waals surface area contributed by atoms with Crippen molar-refractivity contribution in [3.05, 3.63) is 34.9 Å². The SMILES string of the molecule is COCC(NC(=O)c1cccc(Cl)c1)C(=O)N1CCCCC1. The molecule has 0 bridgehead atoms. The van der Waals surface area contributed by atoms with Crippen LogP contribution >= 0.6 is 11.6 Å². The number of methoxy groups -OCH3 is 1. The molecule has 6 heteroatoms. The molecule has 22 heavy (non-hydrogen) atoms. The summed E-state index contributed by atoms with van der Waals surface area (Å²) in [6, 6.07) is 5.97. The predicted octanol–water partition coefficient (Wildman–Crippen LogP) is 2.10. The lowest BCUT2D eigenvalue weighted by atomic mass is 10.1. The third kappa shape index (κ3) is 4.45. The molecule has 1 atom stereocenters. The number of hydrogen-bond donors (Lipinski definition) is 1. The quantitative estimate of drug-likeness (QED) is 0.902. The minimum atomic E-state index is -0.672. The Labute approximate surface area is 135 Å². The zero-order chi connectivity index (χ0) is 15.9. The summed E-state index contributed by atoms with van der Waals surface area (Å²) < 4.78 is 5.09. The lowest BCUT2D eigenvalue weighted by molar-refractivity contribution is -0.135. The maximum Gasteiger partial charge on any atom is 0.252 e. The molecule has 0 aliphatic carbocycles. The Morgan fingerprint density at radius 1 is 1.32 bits per heavy atom. The average Bonchev–Trinajstić information content (AvgIpc) is 2.54. The van der Waals surface area contributed by atoms with Crippen LogP contribution in [-0.4, -0.2) is 49.6 Å². The molecule has 120 valence electrons. The van der Waals surface area contributed by atoms with Crippen LogP contribution in [0.4, 0.5) is 0 Å². The summed E-state index contributed by atoms with van der Waals surface area (Å²) in [5, 5.41) is 3.23. The summed E-state index contributed by atoms with van der Waals surface area (Å²) in [7, 11) is 1.52. The van der Waals surface area contributed by atoms with E-state index in [1.807, 2.05) is 0 Å². The number of carbonyl (C=O) groups is 2. The van der Waals surface area contributed by atoms with Crippen LogP contribution in [0.1, 0.15) is 29.6 Å². The maximum atomic E-state index is 12.5. The standard InChI is InChI=1S/C16H21ClN2O3/c1-22-11-14(16(21)19-8-3-2-4-9-19)18-15(20)12-6-5-7-13(17)10-12/h5-7,10,14H,2-4,8-9,11H2,1H3,(H,18,20). The third-order valence-electron chi connectivity index (χ3n) is 3.69. The highest BCUT2D eigenvalue weighted by atomic mass is 35.5. The Morgan fingerprint density at radius 3 is 2.68 bits per heavy atom. The highest BCUT2D eigenvalue weighted by Gasteiger charge is 2.27. The van der Waals surface area contributed by atoms with Gasteiger partial charge in [0.1, 0.15) is 6.04 Å². The fourth-order valence-corrected chi connectivity index (χ4v) is 2.74. The Morgan fingerprint density at radius 2 is 2.05 bits per heavy atom. The first-order valence-electron chi connectivity index (χ1n) is 7.46. The number of amides is 2. The molecule has 1 unspecified atom stereocenters. The molecule has 1 fully saturated rings. The molecule has 2 rings (SSSR count). The van der Waals surface area contributed by atoms with E-state index in [1.165, 1.54) is 7.11 Å². The van der Waals surface area contributed by atoms with Crippen LogP contribution in [-0.2, 0) is 9.53 Å². The third-order valence-corrected chi connectivity index (χ3v) is 3.93. The van der Waals surface area contributed by atoms with Crippen molar-refractivity contribution in [3.8, 4) is 0 Å². The topological polar surface area (TPSA) is 58.6 Å². The second kappa shape index (κ2) is 8.15. The number of rotatable bonds is 5. The number of carbonyl (C=O) groups excluding carboxylic acids is 2. The zero-order valence-electron chi connectivity index (χ0n) is 12.7. The van der Waals surface area contributed by atoms with Gasteiger partial charge in [0, 0.05) is 30.8 Å². The van der Waals surface area contributed by atoms with Crippen molar-refractivity contribution in [3.63, 3.8) is 0 Å². The average molecular weight is 325 g/mol. The Kier molecular flexibility index (Phi) is 6.21. The van der Waals surface area contributed by atoms with E-state index in [2.05, 4.69) is 5.32 Å². The number of likely N-dealkylation sites (tertiary alicyclic amines) is 1. The van der Waals surface area contributed by atoms with Crippen molar-refractivity contribution in [2.24, 2.45) is 0 Å². The van der Waals surface area contributed by atoms with Gasteiger partial charge in [-0.1, -0.05) is 17.7 Å². The van der Waals surface area contributed by atoms with Gasteiger partial charge in [-0.2, -0.15) is 0 Å². The summed E-state index contributed by atoms with van der Waals surface area (Å²) in [5.74, 6) is -0.410. The number of benzene rings is 1. The van der Waals surface area contributed by atoms with Crippen LogP contribution in [0, 0.1) is 0 Å². The molecular formula is C16H21ClN2O3. The number of halogens is 1. The Hall–Kier alpha value is -1.59. The highest BCUT2D eigenvalue weighted by molar-refractivity contribution is 6.31. The van der Waals surface area contributed by atoms with Crippen LogP contribution < -0.4 is 5.32 Å². The molecule has 1 aliphatic rings. The Bertz CT molecular complexity index is 530. The molecule has 2 amide bonds. The van der Waals surface area contributed by atoms with Crippen LogP contribution in [0.5, 0.6) is 0 Å². The summed E-state index contributed by atoms with van der Waals surface area (Å²) >= 11 is 5.89. The van der Waals surface area contributed by atoms with Gasteiger partial charge >= 0.3 is 0 Å². The van der Waals surface area contributed by atoms with Crippen molar-refractivity contribution in [2.45, 2.75) is 25.3 Å². The zero-order valence-corrected chi connectivity index (χ0v) is 13.4. The van der Waals surface area contributed by atoms with Crippen molar-refractivity contribution in [2.75, 3.05) is 26.8 Å². The first-order valence-corrected chi connectivity index (χ1v) is 7.84. The number of ether oxygens (including phenoxy) is 1. The van der Waals surface area contributed by atoms with E-state index >= 15 is 0 Å². The first kappa shape index (κ1) is 16.8. The van der Waals surface area contributed by atoms with E-state index in [0.717, 1.165) is 32.4 Å². The van der Waals surface area contributed by atoms with E-state index in [0.29, 0.717) is 10.6 Å². The summed E-state index contributed by atoms with van der Waals surface area (Å²) in [6.07, 6.45) is 3.16. The fraction of sp³-hybridized carbons (Fsp3) is 0.500. The molecule has 0 spiro atoms. The minimum absolute atomic E-state index is 0.0862. The van der Waals surface area contributed by atoms with Crippen molar-refractivity contribution >= 4 is 23.4 Å². The molecule has 0 saturated carbocycles. The minimum Gasteiger partial charge on any atom is -0.382 e. The maximum absolute atomic E-state index is 12.5. The van der Waals surface area contributed by atoms with Crippen LogP contribution in [0.15, 0.2) is 24.3 Å². The van der Waals surface area contributed by atoms with E-state index in [9.17, 15) is 9.59 Å². The molecule has 5 nitrogen and oxygen atoms in total. The van der Waals surface area contributed by atoms with Crippen LogP contribution in [0.3, 0.4) is 0 Å². The van der Waals surface area contributed by atoms with Gasteiger partial charge in [0.2, 0.25) is 5.91 Å². The van der Waals surface area contributed by atoms with E-state index in [1.54, 1.807) is 29.2 Å². The summed E-state index contributed by atoms with van der Waals surface area (Å²) in [4.78, 5) is 26.6. The lowest BCUT2D eigenvalue weighted by Crippen LogP contribution is -2.52. The Balaban J connectivity index is 2.04. The van der Waals surface area contributed by atoms with Gasteiger partial charge in [-0.05, 0) is 37.5 Å². The number of hydrogen-bond acceptors (Lipinski definition) is 3. The molecule has 1 N–H and O–H groups in total. The predicted molar refractivity (Wildman–Crippen MR) is 85.0 cm³/mol. The molecule has 0 aromatic heterocycles. The van der Waals surface area contributed by atoms with Gasteiger partial charge in [-0.25, -0.2) is 0 Å². The highest BCUT2D eigenvalue weighted by Crippen LogP contribution is 2.12. The van der Waals surface area contributed by atoms with Gasteiger partial charge in [-0.3, -0.25) is 9.59 Å². The normalized spacial score (nSPS) is 16.2. The van der Waals surface area contributed by atoms with Crippen molar-refractivity contribution < 1.29 is 14.3 Å². The molecule has 0 radical (unpaired) electrons. The van der Waals surface area contributed by atoms with Gasteiger partial charge in [0.05, 0.1) is 6.61 Å². The lowest BCUT2D eigenvalue weighted by Gasteiger charge is -2.30. The van der Waals surface area contributed by atoms with Gasteiger partial charge in [-0.15, -0.1) is 0 Å². The molecule has 1 aliphatic heterocycles. The van der Waals surface area contributed by atoms with E-state index in [-0.39, 0.29) is 18.4 Å². The second-order valence-corrected chi connectivity index (χ2v) is 5.81. The first-order chi connectivity index (χ1) is 10.6. The van der Waals surface area contributed by atoms with Crippen molar-refractivity contribution in [1.82, 2.24) is 10.2 Å². The fourth-order valence-electron chi connectivity index (χ4n) is 2.55. The van der Waals surface area contributed by atoms with Crippen LogP contribution in [0.25, 0.3) is 0 Å². The summed E-state index contributed by atoms with van der Waals surface area (Å²) in [5.41, 5.74) is 0.431. The van der Waals surface area contributed by atoms with E-state index < -0.39 is 6.04 Å². The smallest absolute Gasteiger partial charge is 0.252 e. The monoisotopic (exact) mass is 324 g/mol. The van der Waals surface area contributed by atoms with Gasteiger partial charge < -0.3 is 15.0 Å². The van der Waals surface area contributed by atoms with Crippen molar-refractivity contribution in [1.29, 1.82) is 0 Å². The number of nitrogens with zero attached hydrogens (tertiary/aromatic N) is 1. The number of nitrogens with one attached hydrogen (secondary N) is 1. The second-order valence-electron chi connectivity index (χ2n) is 5.38.